The summed E-state index contributed by atoms with van der Waals surface area (Å²) in [6.07, 6.45) is 1.33. The van der Waals surface area contributed by atoms with Crippen molar-refractivity contribution < 1.29 is 8.42 Å². The van der Waals surface area contributed by atoms with Crippen LogP contribution in [0.5, 0.6) is 0 Å². The summed E-state index contributed by atoms with van der Waals surface area (Å²) in [5, 5.41) is 1.71. The molecular formula is C11H19N5O2S. The maximum absolute atomic E-state index is 12.1. The van der Waals surface area contributed by atoms with E-state index in [0.717, 1.165) is 13.1 Å². The standard InChI is InChI=1S/C11H19N5O2S/c1-15-4-6-16(7-5-15)14-19(17,18)11-3-2-10(8-12)13-9-11/h2-3,9,14H,4-8,12H2,1H3. The maximum Gasteiger partial charge on any atom is 0.254 e. The Morgan fingerprint density at radius 3 is 2.53 bits per heavy atom. The SMILES string of the molecule is CN1CCN(NS(=O)(=O)c2ccc(CN)nc2)CC1. The van der Waals surface area contributed by atoms with Crippen LogP contribution in [0.2, 0.25) is 0 Å². The van der Waals surface area contributed by atoms with Crippen LogP contribution in [0.25, 0.3) is 0 Å². The minimum absolute atomic E-state index is 0.156. The van der Waals surface area contributed by atoms with Crippen LogP contribution < -0.4 is 10.6 Å². The van der Waals surface area contributed by atoms with Crippen LogP contribution in [0.3, 0.4) is 0 Å². The number of hydrogen-bond acceptors (Lipinski definition) is 6. The molecule has 0 radical (unpaired) electrons. The highest BCUT2D eigenvalue weighted by Gasteiger charge is 2.21. The van der Waals surface area contributed by atoms with Gasteiger partial charge in [-0.3, -0.25) is 4.98 Å². The van der Waals surface area contributed by atoms with Gasteiger partial charge < -0.3 is 10.6 Å². The highest BCUT2D eigenvalue weighted by molar-refractivity contribution is 7.89. The second-order valence-corrected chi connectivity index (χ2v) is 6.24. The van der Waals surface area contributed by atoms with Crippen molar-refractivity contribution in [2.24, 2.45) is 5.73 Å². The van der Waals surface area contributed by atoms with Gasteiger partial charge in [0, 0.05) is 38.9 Å². The molecule has 0 saturated carbocycles. The lowest BCUT2D eigenvalue weighted by Crippen LogP contribution is -2.52. The van der Waals surface area contributed by atoms with Crippen molar-refractivity contribution in [3.8, 4) is 0 Å². The van der Waals surface area contributed by atoms with Gasteiger partial charge in [0.05, 0.1) is 5.69 Å². The summed E-state index contributed by atoms with van der Waals surface area (Å²) < 4.78 is 24.3. The first-order chi connectivity index (χ1) is 9.01. The third-order valence-corrected chi connectivity index (χ3v) is 4.43. The number of hydrogen-bond donors (Lipinski definition) is 2. The molecule has 1 aromatic rings. The normalized spacial score (nSPS) is 18.6. The molecule has 0 aromatic carbocycles. The lowest BCUT2D eigenvalue weighted by Gasteiger charge is -2.32. The minimum atomic E-state index is -3.55. The van der Waals surface area contributed by atoms with Gasteiger partial charge in [-0.2, -0.15) is 0 Å². The highest BCUT2D eigenvalue weighted by atomic mass is 32.2. The van der Waals surface area contributed by atoms with Gasteiger partial charge in [-0.25, -0.2) is 13.4 Å². The topological polar surface area (TPSA) is 91.6 Å². The van der Waals surface area contributed by atoms with Gasteiger partial charge in [-0.15, -0.1) is 4.83 Å². The molecule has 0 atom stereocenters. The van der Waals surface area contributed by atoms with Crippen molar-refractivity contribution in [3.63, 3.8) is 0 Å². The second-order valence-electron chi connectivity index (χ2n) is 4.57. The fraction of sp³-hybridized carbons (Fsp3) is 0.545. The molecule has 1 aliphatic heterocycles. The molecule has 3 N–H and O–H groups in total. The first-order valence-corrected chi connectivity index (χ1v) is 7.60. The third kappa shape index (κ3) is 3.71. The van der Waals surface area contributed by atoms with E-state index in [0.29, 0.717) is 25.3 Å². The molecule has 0 unspecified atom stereocenters. The first-order valence-electron chi connectivity index (χ1n) is 6.12. The number of rotatable bonds is 4. The number of nitrogens with two attached hydrogens (primary N) is 1. The Kier molecular flexibility index (Phi) is 4.48. The molecule has 1 fully saturated rings. The summed E-state index contributed by atoms with van der Waals surface area (Å²) in [4.78, 5) is 8.89. The zero-order valence-electron chi connectivity index (χ0n) is 10.9. The van der Waals surface area contributed by atoms with E-state index in [9.17, 15) is 8.42 Å². The molecule has 2 rings (SSSR count). The molecule has 0 bridgehead atoms. The van der Waals surface area contributed by atoms with Gasteiger partial charge in [0.2, 0.25) is 0 Å². The van der Waals surface area contributed by atoms with Gasteiger partial charge >= 0.3 is 0 Å². The summed E-state index contributed by atoms with van der Waals surface area (Å²) in [5.74, 6) is 0. The van der Waals surface area contributed by atoms with Crippen molar-refractivity contribution >= 4 is 10.0 Å². The first kappa shape index (κ1) is 14.4. The summed E-state index contributed by atoms with van der Waals surface area (Å²) in [5.41, 5.74) is 6.10. The van der Waals surface area contributed by atoms with Gasteiger partial charge in [0.1, 0.15) is 4.90 Å². The number of pyridine rings is 1. The van der Waals surface area contributed by atoms with Crippen LogP contribution in [0, 0.1) is 0 Å². The van der Waals surface area contributed by atoms with E-state index in [2.05, 4.69) is 14.7 Å². The Hall–Kier alpha value is -1.06. The third-order valence-electron chi connectivity index (χ3n) is 3.07. The van der Waals surface area contributed by atoms with E-state index in [1.807, 2.05) is 7.05 Å². The van der Waals surface area contributed by atoms with E-state index < -0.39 is 10.0 Å². The number of sulfonamides is 1. The lowest BCUT2D eigenvalue weighted by atomic mass is 10.4. The van der Waals surface area contributed by atoms with Crippen molar-refractivity contribution in [3.05, 3.63) is 24.0 Å². The van der Waals surface area contributed by atoms with E-state index in [4.69, 9.17) is 5.73 Å². The number of piperazine rings is 1. The molecule has 19 heavy (non-hydrogen) atoms. The summed E-state index contributed by atoms with van der Waals surface area (Å²) >= 11 is 0. The molecule has 106 valence electrons. The molecule has 7 nitrogen and oxygen atoms in total. The zero-order valence-corrected chi connectivity index (χ0v) is 11.7. The Labute approximate surface area is 113 Å². The molecule has 2 heterocycles. The van der Waals surface area contributed by atoms with Crippen molar-refractivity contribution in [1.82, 2.24) is 19.7 Å². The monoisotopic (exact) mass is 285 g/mol. The van der Waals surface area contributed by atoms with E-state index in [1.165, 1.54) is 12.3 Å². The average molecular weight is 285 g/mol. The Morgan fingerprint density at radius 2 is 2.00 bits per heavy atom. The molecule has 1 saturated heterocycles. The summed E-state index contributed by atoms with van der Waals surface area (Å²) in [6.45, 7) is 3.32. The average Bonchev–Trinajstić information content (AvgIpc) is 2.41. The Balaban J connectivity index is 2.05. The molecule has 0 aliphatic carbocycles. The lowest BCUT2D eigenvalue weighted by molar-refractivity contribution is 0.135. The quantitative estimate of drug-likeness (QED) is 0.736. The van der Waals surface area contributed by atoms with Crippen LogP contribution >= 0.6 is 0 Å². The molecule has 8 heteroatoms. The number of nitrogens with zero attached hydrogens (tertiary/aromatic N) is 3. The summed E-state index contributed by atoms with van der Waals surface area (Å²) in [7, 11) is -1.53. The second kappa shape index (κ2) is 5.93. The highest BCUT2D eigenvalue weighted by Crippen LogP contribution is 2.09. The van der Waals surface area contributed by atoms with Crippen LogP contribution in [0.4, 0.5) is 0 Å². The van der Waals surface area contributed by atoms with E-state index in [-0.39, 0.29) is 4.90 Å². The van der Waals surface area contributed by atoms with Gasteiger partial charge in [-0.1, -0.05) is 0 Å². The number of aromatic nitrogens is 1. The predicted molar refractivity (Wildman–Crippen MR) is 71.5 cm³/mol. The van der Waals surface area contributed by atoms with Crippen LogP contribution in [0.15, 0.2) is 23.2 Å². The fourth-order valence-electron chi connectivity index (χ4n) is 1.81. The molecular weight excluding hydrogens is 266 g/mol. The molecule has 1 aliphatic rings. The fourth-order valence-corrected chi connectivity index (χ4v) is 2.88. The molecule has 0 spiro atoms. The molecule has 1 aromatic heterocycles. The predicted octanol–water partition coefficient (Wildman–Crippen LogP) is -1.02. The maximum atomic E-state index is 12.1. The van der Waals surface area contributed by atoms with Crippen LogP contribution in [-0.2, 0) is 16.6 Å². The van der Waals surface area contributed by atoms with Crippen LogP contribution in [0.1, 0.15) is 5.69 Å². The van der Waals surface area contributed by atoms with Gasteiger partial charge in [-0.05, 0) is 19.2 Å². The smallest absolute Gasteiger partial charge is 0.254 e. The van der Waals surface area contributed by atoms with Crippen molar-refractivity contribution in [2.45, 2.75) is 11.4 Å². The van der Waals surface area contributed by atoms with Crippen LogP contribution in [-0.4, -0.2) is 56.5 Å². The number of nitrogens with one attached hydrogen (secondary N) is 1. The Morgan fingerprint density at radius 1 is 1.32 bits per heavy atom. The van der Waals surface area contributed by atoms with Crippen molar-refractivity contribution in [2.75, 3.05) is 33.2 Å². The van der Waals surface area contributed by atoms with Gasteiger partial charge in [0.15, 0.2) is 0 Å². The number of likely N-dealkylation sites (N-methyl/N-ethyl adjacent to an activating group) is 1. The summed E-state index contributed by atoms with van der Waals surface area (Å²) in [6, 6.07) is 3.14. The Bertz CT molecular complexity index is 508. The zero-order chi connectivity index (χ0) is 13.9. The largest absolute Gasteiger partial charge is 0.325 e. The van der Waals surface area contributed by atoms with Crippen molar-refractivity contribution in [1.29, 1.82) is 0 Å². The minimum Gasteiger partial charge on any atom is -0.325 e. The van der Waals surface area contributed by atoms with Gasteiger partial charge in [0.25, 0.3) is 10.0 Å². The van der Waals surface area contributed by atoms with E-state index in [1.54, 1.807) is 11.1 Å². The van der Waals surface area contributed by atoms with E-state index >= 15 is 0 Å². The number of hydrazine groups is 1. The molecule has 0 amide bonds.